The minimum atomic E-state index is -4.57. The lowest BCUT2D eigenvalue weighted by Crippen LogP contribution is -2.08. The van der Waals surface area contributed by atoms with Gasteiger partial charge in [-0.15, -0.1) is 0 Å². The molecular weight excluding hydrogens is 319 g/mol. The van der Waals surface area contributed by atoms with Gasteiger partial charge in [0, 0.05) is 5.56 Å². The molecule has 0 fully saturated rings. The highest BCUT2D eigenvalue weighted by atomic mass is 19.4. The van der Waals surface area contributed by atoms with Gasteiger partial charge in [-0.05, 0) is 42.0 Å². The molecule has 0 aromatic heterocycles. The van der Waals surface area contributed by atoms with E-state index in [0.29, 0.717) is 5.75 Å². The van der Waals surface area contributed by atoms with Crippen LogP contribution in [0, 0.1) is 11.3 Å². The van der Waals surface area contributed by atoms with Crippen molar-refractivity contribution in [3.05, 3.63) is 70.8 Å². The zero-order valence-corrected chi connectivity index (χ0v) is 12.6. The van der Waals surface area contributed by atoms with Crippen molar-refractivity contribution in [1.29, 1.82) is 5.26 Å². The lowest BCUT2D eigenvalue weighted by Gasteiger charge is -2.10. The number of Topliss-reactive ketones (excluding diaryl/α,β-unsaturated/α-hetero) is 1. The first-order valence-corrected chi connectivity index (χ1v) is 6.83. The second-order valence-electron chi connectivity index (χ2n) is 4.81. The summed E-state index contributed by atoms with van der Waals surface area (Å²) in [5.74, 6) is -0.131. The average molecular weight is 331 g/mol. The molecule has 0 heterocycles. The summed E-state index contributed by atoms with van der Waals surface area (Å²) >= 11 is 0. The predicted octanol–water partition coefficient (Wildman–Crippen LogP) is 4.50. The Morgan fingerprint density at radius 2 is 1.75 bits per heavy atom. The van der Waals surface area contributed by atoms with Crippen LogP contribution >= 0.6 is 0 Å². The van der Waals surface area contributed by atoms with Gasteiger partial charge in [-0.25, -0.2) is 0 Å². The lowest BCUT2D eigenvalue weighted by atomic mass is 9.99. The first-order valence-electron chi connectivity index (χ1n) is 6.83. The maximum atomic E-state index is 13.0. The minimum Gasteiger partial charge on any atom is -0.497 e. The first-order chi connectivity index (χ1) is 11.4. The van der Waals surface area contributed by atoms with Gasteiger partial charge in [0.2, 0.25) is 5.78 Å². The fourth-order valence-electron chi connectivity index (χ4n) is 2.08. The Hall–Kier alpha value is -3.07. The number of ketones is 1. The number of allylic oxidation sites excluding steroid dienone is 1. The maximum Gasteiger partial charge on any atom is 0.416 e. The Bertz CT molecular complexity index is 815. The molecule has 0 saturated heterocycles. The van der Waals surface area contributed by atoms with E-state index in [4.69, 9.17) is 10.00 Å². The summed E-state index contributed by atoms with van der Waals surface area (Å²) in [6.45, 7) is 0. The maximum absolute atomic E-state index is 13.0. The molecule has 24 heavy (non-hydrogen) atoms. The molecule has 2 aromatic rings. The Morgan fingerprint density at radius 1 is 1.12 bits per heavy atom. The largest absolute Gasteiger partial charge is 0.497 e. The minimum absolute atomic E-state index is 0.188. The van der Waals surface area contributed by atoms with E-state index in [2.05, 4.69) is 0 Å². The number of nitrogens with zero attached hydrogens (tertiary/aromatic N) is 1. The number of ether oxygens (including phenoxy) is 1. The first kappa shape index (κ1) is 17.3. The number of methoxy groups -OCH3 is 1. The van der Waals surface area contributed by atoms with Crippen LogP contribution in [0.5, 0.6) is 5.75 Å². The quantitative estimate of drug-likeness (QED) is 0.471. The van der Waals surface area contributed by atoms with Crippen LogP contribution in [0.4, 0.5) is 13.2 Å². The van der Waals surface area contributed by atoms with E-state index in [1.165, 1.54) is 49.6 Å². The van der Waals surface area contributed by atoms with Crippen LogP contribution in [0.25, 0.3) is 6.08 Å². The van der Waals surface area contributed by atoms with E-state index in [-0.39, 0.29) is 16.7 Å². The smallest absolute Gasteiger partial charge is 0.416 e. The summed E-state index contributed by atoms with van der Waals surface area (Å²) < 4.78 is 44.0. The number of hydrogen-bond acceptors (Lipinski definition) is 3. The summed E-state index contributed by atoms with van der Waals surface area (Å²) in [7, 11) is 1.46. The molecular formula is C18H12F3NO2. The van der Waals surface area contributed by atoms with Crippen LogP contribution < -0.4 is 4.74 Å². The molecule has 3 nitrogen and oxygen atoms in total. The van der Waals surface area contributed by atoms with Gasteiger partial charge in [0.1, 0.15) is 17.4 Å². The third-order valence-electron chi connectivity index (χ3n) is 3.28. The van der Waals surface area contributed by atoms with E-state index in [1.807, 2.05) is 0 Å². The monoisotopic (exact) mass is 331 g/mol. The van der Waals surface area contributed by atoms with Gasteiger partial charge in [0.15, 0.2) is 0 Å². The molecule has 0 unspecified atom stereocenters. The van der Waals surface area contributed by atoms with Crippen molar-refractivity contribution in [2.24, 2.45) is 0 Å². The van der Waals surface area contributed by atoms with Gasteiger partial charge in [0.25, 0.3) is 0 Å². The summed E-state index contributed by atoms with van der Waals surface area (Å²) in [4.78, 5) is 12.3. The molecule has 0 aliphatic heterocycles. The van der Waals surface area contributed by atoms with Crippen LogP contribution in [0.3, 0.4) is 0 Å². The van der Waals surface area contributed by atoms with Crippen molar-refractivity contribution in [3.8, 4) is 11.8 Å². The third-order valence-corrected chi connectivity index (χ3v) is 3.28. The van der Waals surface area contributed by atoms with Crippen LogP contribution in [0.2, 0.25) is 0 Å². The van der Waals surface area contributed by atoms with Crippen molar-refractivity contribution < 1.29 is 22.7 Å². The highest BCUT2D eigenvalue weighted by Gasteiger charge is 2.32. The van der Waals surface area contributed by atoms with Gasteiger partial charge < -0.3 is 4.74 Å². The number of benzene rings is 2. The lowest BCUT2D eigenvalue weighted by molar-refractivity contribution is -0.137. The summed E-state index contributed by atoms with van der Waals surface area (Å²) in [6, 6.07) is 12.4. The van der Waals surface area contributed by atoms with E-state index in [1.54, 1.807) is 6.07 Å². The molecule has 0 amide bonds. The van der Waals surface area contributed by atoms with Gasteiger partial charge in [0.05, 0.1) is 12.7 Å². The number of nitriles is 1. The van der Waals surface area contributed by atoms with Gasteiger partial charge in [-0.3, -0.25) is 4.79 Å². The fourth-order valence-corrected chi connectivity index (χ4v) is 2.08. The topological polar surface area (TPSA) is 50.1 Å². The second kappa shape index (κ2) is 7.01. The number of hydrogen-bond donors (Lipinski definition) is 0. The fraction of sp³-hybridized carbons (Fsp3) is 0.111. The van der Waals surface area contributed by atoms with E-state index < -0.39 is 17.5 Å². The molecule has 0 aliphatic rings. The number of carbonyl (C=O) groups excluding carboxylic acids is 1. The highest BCUT2D eigenvalue weighted by Crippen LogP contribution is 2.33. The van der Waals surface area contributed by atoms with Crippen LogP contribution in [0.15, 0.2) is 54.1 Å². The Labute approximate surface area is 136 Å². The second-order valence-corrected chi connectivity index (χ2v) is 4.81. The molecule has 6 heteroatoms. The molecule has 0 radical (unpaired) electrons. The predicted molar refractivity (Wildman–Crippen MR) is 82.4 cm³/mol. The van der Waals surface area contributed by atoms with Gasteiger partial charge in [-0.1, -0.05) is 18.2 Å². The number of halogens is 3. The standard InChI is InChI=1S/C18H12F3NO2/c1-24-15-8-6-12(7-9-15)17(23)14(11-22)10-13-4-2-3-5-16(13)18(19,20)21/h2-10H,1H3. The molecule has 0 atom stereocenters. The summed E-state index contributed by atoms with van der Waals surface area (Å²) in [5, 5.41) is 9.17. The molecule has 2 aromatic carbocycles. The normalized spacial score (nSPS) is 11.7. The SMILES string of the molecule is COc1ccc(C(=O)C(C#N)=Cc2ccccc2C(F)(F)F)cc1. The van der Waals surface area contributed by atoms with Crippen LogP contribution in [-0.4, -0.2) is 12.9 Å². The Balaban J connectivity index is 2.43. The average Bonchev–Trinajstić information content (AvgIpc) is 2.58. The summed E-state index contributed by atoms with van der Waals surface area (Å²) in [6.07, 6.45) is -3.62. The van der Waals surface area contributed by atoms with Crippen molar-refractivity contribution in [3.63, 3.8) is 0 Å². The van der Waals surface area contributed by atoms with Crippen LogP contribution in [0.1, 0.15) is 21.5 Å². The van der Waals surface area contributed by atoms with Gasteiger partial charge in [-0.2, -0.15) is 18.4 Å². The number of rotatable bonds is 4. The van der Waals surface area contributed by atoms with E-state index in [9.17, 15) is 18.0 Å². The Kier molecular flexibility index (Phi) is 5.05. The molecule has 0 N–H and O–H groups in total. The van der Waals surface area contributed by atoms with Crippen molar-refractivity contribution in [1.82, 2.24) is 0 Å². The third kappa shape index (κ3) is 3.82. The number of alkyl halides is 3. The van der Waals surface area contributed by atoms with Gasteiger partial charge >= 0.3 is 6.18 Å². The van der Waals surface area contributed by atoms with Crippen molar-refractivity contribution in [2.45, 2.75) is 6.18 Å². The van der Waals surface area contributed by atoms with E-state index >= 15 is 0 Å². The number of carbonyl (C=O) groups is 1. The zero-order valence-electron chi connectivity index (χ0n) is 12.6. The molecule has 2 rings (SSSR count). The molecule has 0 aliphatic carbocycles. The van der Waals surface area contributed by atoms with Crippen molar-refractivity contribution >= 4 is 11.9 Å². The molecule has 122 valence electrons. The zero-order chi connectivity index (χ0) is 17.7. The summed E-state index contributed by atoms with van der Waals surface area (Å²) in [5.41, 5.74) is -1.33. The molecule has 0 saturated carbocycles. The molecule has 0 spiro atoms. The highest BCUT2D eigenvalue weighted by molar-refractivity contribution is 6.14. The molecule has 0 bridgehead atoms. The van der Waals surface area contributed by atoms with E-state index in [0.717, 1.165) is 12.1 Å². The Morgan fingerprint density at radius 3 is 2.29 bits per heavy atom. The van der Waals surface area contributed by atoms with Crippen molar-refractivity contribution in [2.75, 3.05) is 7.11 Å². The van der Waals surface area contributed by atoms with Crippen LogP contribution in [-0.2, 0) is 6.18 Å².